The van der Waals surface area contributed by atoms with Gasteiger partial charge in [-0.05, 0) is 12.5 Å². The summed E-state index contributed by atoms with van der Waals surface area (Å²) in [6, 6.07) is 0.627. The van der Waals surface area contributed by atoms with E-state index in [9.17, 15) is 4.79 Å². The molecule has 5 nitrogen and oxygen atoms in total. The molecule has 0 saturated carbocycles. The predicted molar refractivity (Wildman–Crippen MR) is 49.3 cm³/mol. The van der Waals surface area contributed by atoms with E-state index in [2.05, 4.69) is 4.99 Å². The van der Waals surface area contributed by atoms with Gasteiger partial charge < -0.3 is 14.0 Å². The van der Waals surface area contributed by atoms with Crippen LogP contribution in [0.3, 0.4) is 0 Å². The topological polar surface area (TPSA) is 68.1 Å². The Labute approximate surface area is 78.6 Å². The third-order valence-corrected chi connectivity index (χ3v) is 4.96. The summed E-state index contributed by atoms with van der Waals surface area (Å²) in [7, 11) is 0.644. The molecule has 6 heteroatoms. The highest BCUT2D eigenvalue weighted by molar-refractivity contribution is 6.67. The zero-order valence-electron chi connectivity index (χ0n) is 7.95. The summed E-state index contributed by atoms with van der Waals surface area (Å²) < 4.78 is 10.3. The first-order valence-corrected chi connectivity index (χ1v) is 6.22. The summed E-state index contributed by atoms with van der Waals surface area (Å²) >= 11 is 0. The van der Waals surface area contributed by atoms with Crippen molar-refractivity contribution in [2.24, 2.45) is 4.99 Å². The molecule has 0 bridgehead atoms. The second-order valence-electron chi connectivity index (χ2n) is 2.55. The predicted octanol–water partition coefficient (Wildman–Crippen LogP) is -0.0212. The molecule has 0 aromatic carbocycles. The number of hydrogen-bond acceptors (Lipinski definition) is 5. The zero-order valence-corrected chi connectivity index (χ0v) is 8.95. The van der Waals surface area contributed by atoms with Gasteiger partial charge in [-0.2, -0.15) is 0 Å². The lowest BCUT2D eigenvalue weighted by Gasteiger charge is -2.24. The number of carbonyl (C=O) groups excluding carboxylic acids is 1. The quantitative estimate of drug-likeness (QED) is 0.274. The molecule has 13 heavy (non-hydrogen) atoms. The highest BCUT2D eigenvalue weighted by Crippen LogP contribution is 2.13. The van der Waals surface area contributed by atoms with Crippen LogP contribution in [-0.4, -0.2) is 46.7 Å². The Balaban J connectivity index is 3.87. The number of aliphatic imine (C=N–C) groups is 1. The molecular weight excluding hydrogens is 190 g/mol. The molecule has 0 aliphatic heterocycles. The number of isocyanates is 1. The fourth-order valence-corrected chi connectivity index (χ4v) is 2.66. The van der Waals surface area contributed by atoms with Crippen molar-refractivity contribution in [3.05, 3.63) is 0 Å². The summed E-state index contributed by atoms with van der Waals surface area (Å²) in [6.07, 6.45) is 2.05. The van der Waals surface area contributed by atoms with Gasteiger partial charge in [-0.1, -0.05) is 0 Å². The summed E-state index contributed by atoms with van der Waals surface area (Å²) in [4.78, 5) is 13.1. The van der Waals surface area contributed by atoms with Crippen LogP contribution >= 0.6 is 0 Å². The molecule has 0 heterocycles. The molecule has 0 amide bonds. The molecular formula is C7H15NO4Si. The third-order valence-electron chi connectivity index (χ3n) is 1.88. The van der Waals surface area contributed by atoms with Crippen LogP contribution in [0.1, 0.15) is 6.42 Å². The van der Waals surface area contributed by atoms with E-state index in [1.165, 1.54) is 20.3 Å². The molecule has 0 aromatic heterocycles. The monoisotopic (exact) mass is 205 g/mol. The third kappa shape index (κ3) is 4.30. The Bertz CT molecular complexity index is 169. The van der Waals surface area contributed by atoms with Gasteiger partial charge in [0, 0.05) is 14.2 Å². The van der Waals surface area contributed by atoms with Gasteiger partial charge in [0.15, 0.2) is 0 Å². The van der Waals surface area contributed by atoms with Crippen molar-refractivity contribution in [3.8, 4) is 0 Å². The maximum atomic E-state index is 9.75. The molecule has 0 spiro atoms. The fourth-order valence-electron chi connectivity index (χ4n) is 0.969. The Hall–Kier alpha value is -0.523. The smallest absolute Gasteiger partial charge is 0.364 e. The van der Waals surface area contributed by atoms with Gasteiger partial charge in [0.2, 0.25) is 6.08 Å². The van der Waals surface area contributed by atoms with Gasteiger partial charge in [0.25, 0.3) is 0 Å². The van der Waals surface area contributed by atoms with Crippen LogP contribution in [0.2, 0.25) is 6.04 Å². The number of rotatable bonds is 7. The molecule has 0 radical (unpaired) electrons. The molecule has 0 aliphatic rings. The first-order chi connectivity index (χ1) is 6.24. The molecule has 1 N–H and O–H groups in total. The minimum absolute atomic E-state index is 0.0786. The molecule has 0 fully saturated rings. The van der Waals surface area contributed by atoms with Crippen LogP contribution in [0.5, 0.6) is 0 Å². The zero-order chi connectivity index (χ0) is 10.2. The maximum Gasteiger partial charge on any atom is 0.364 e. The van der Waals surface area contributed by atoms with Crippen LogP contribution in [0.15, 0.2) is 4.99 Å². The summed E-state index contributed by atoms with van der Waals surface area (Å²) in [5, 5.41) is 9.04. The fraction of sp³-hybridized carbons (Fsp3) is 0.857. The van der Waals surface area contributed by atoms with E-state index < -0.39 is 8.56 Å². The first-order valence-electron chi connectivity index (χ1n) is 3.99. The van der Waals surface area contributed by atoms with Gasteiger partial charge in [-0.3, -0.25) is 0 Å². The van der Waals surface area contributed by atoms with Crippen molar-refractivity contribution in [1.29, 1.82) is 0 Å². The Morgan fingerprint density at radius 1 is 1.46 bits per heavy atom. The minimum atomic E-state index is -2.40. The molecule has 0 aliphatic carbocycles. The maximum absolute atomic E-state index is 9.75. The van der Waals surface area contributed by atoms with E-state index in [0.29, 0.717) is 19.0 Å². The summed E-state index contributed by atoms with van der Waals surface area (Å²) in [5.41, 5.74) is 0. The number of nitrogens with zero attached hydrogens (tertiary/aromatic N) is 1. The average Bonchev–Trinajstić information content (AvgIpc) is 2.20. The van der Waals surface area contributed by atoms with Crippen molar-refractivity contribution < 1.29 is 18.8 Å². The number of hydrogen-bond donors (Lipinski definition) is 1. The summed E-state index contributed by atoms with van der Waals surface area (Å²) in [6.45, 7) is 0.408. The molecule has 76 valence electrons. The summed E-state index contributed by atoms with van der Waals surface area (Å²) in [5.74, 6) is 0. The van der Waals surface area contributed by atoms with E-state index in [1.807, 2.05) is 0 Å². The van der Waals surface area contributed by atoms with E-state index >= 15 is 0 Å². The highest BCUT2D eigenvalue weighted by Gasteiger charge is 2.33. The largest absolute Gasteiger partial charge is 0.396 e. The van der Waals surface area contributed by atoms with Gasteiger partial charge in [-0.15, -0.1) is 0 Å². The van der Waals surface area contributed by atoms with Crippen LogP contribution in [0.4, 0.5) is 0 Å². The van der Waals surface area contributed by atoms with Crippen LogP contribution in [0.25, 0.3) is 0 Å². The lowest BCUT2D eigenvalue weighted by Crippen LogP contribution is -2.44. The van der Waals surface area contributed by atoms with Gasteiger partial charge in [0.05, 0.1) is 12.8 Å². The van der Waals surface area contributed by atoms with Crippen LogP contribution < -0.4 is 0 Å². The minimum Gasteiger partial charge on any atom is -0.396 e. The van der Waals surface area contributed by atoms with Crippen molar-refractivity contribution in [3.63, 3.8) is 0 Å². The molecule has 0 saturated heterocycles. The number of aliphatic hydroxyl groups is 1. The average molecular weight is 205 g/mol. The van der Waals surface area contributed by atoms with E-state index in [4.69, 9.17) is 14.0 Å². The first kappa shape index (κ1) is 12.5. The Morgan fingerprint density at radius 2 is 2.08 bits per heavy atom. The van der Waals surface area contributed by atoms with E-state index in [0.717, 1.165) is 0 Å². The highest BCUT2D eigenvalue weighted by atomic mass is 28.4. The van der Waals surface area contributed by atoms with Gasteiger partial charge >= 0.3 is 8.56 Å². The van der Waals surface area contributed by atoms with Crippen molar-refractivity contribution in [2.75, 3.05) is 27.0 Å². The van der Waals surface area contributed by atoms with E-state index in [-0.39, 0.29) is 6.23 Å². The Kier molecular flexibility index (Phi) is 6.66. The second kappa shape index (κ2) is 6.94. The van der Waals surface area contributed by atoms with Gasteiger partial charge in [0.1, 0.15) is 0 Å². The SMILES string of the molecule is CO[Si](CO)(CCCN=C=O)OC. The standard InChI is InChI=1S/C7H15NO4Si/c1-11-13(7-10,12-2)5-3-4-8-6-9/h10H,3-5,7H2,1-2H3. The second-order valence-corrected chi connectivity index (χ2v) is 6.01. The normalized spacial score (nSPS) is 11.0. The molecule has 0 unspecified atom stereocenters. The van der Waals surface area contributed by atoms with E-state index in [1.54, 1.807) is 0 Å². The van der Waals surface area contributed by atoms with Gasteiger partial charge in [-0.25, -0.2) is 9.79 Å². The molecule has 0 aromatic rings. The van der Waals surface area contributed by atoms with Crippen molar-refractivity contribution >= 4 is 14.6 Å². The van der Waals surface area contributed by atoms with Crippen LogP contribution in [0, 0.1) is 0 Å². The number of aliphatic hydroxyl groups excluding tert-OH is 1. The van der Waals surface area contributed by atoms with Crippen molar-refractivity contribution in [2.45, 2.75) is 12.5 Å². The lowest BCUT2D eigenvalue weighted by molar-refractivity contribution is 0.196. The van der Waals surface area contributed by atoms with Crippen LogP contribution in [-0.2, 0) is 13.6 Å². The van der Waals surface area contributed by atoms with Crippen molar-refractivity contribution in [1.82, 2.24) is 0 Å². The lowest BCUT2D eigenvalue weighted by atomic mass is 10.5. The molecule has 0 rings (SSSR count). The Morgan fingerprint density at radius 3 is 2.46 bits per heavy atom. The molecule has 0 atom stereocenters.